The molecule has 0 aromatic heterocycles. The number of carbonyl (C=O) groups is 1. The van der Waals surface area contributed by atoms with E-state index in [-0.39, 0.29) is 11.9 Å². The zero-order valence-electron chi connectivity index (χ0n) is 12.9. The maximum Gasteiger partial charge on any atom is 0.313 e. The minimum atomic E-state index is -0.249. The Balaban J connectivity index is 2.21. The van der Waals surface area contributed by atoms with Crippen molar-refractivity contribution in [2.45, 2.75) is 32.1 Å². The smallest absolute Gasteiger partial charge is 0.313 e. The molecule has 2 rings (SSSR count). The zero-order chi connectivity index (χ0) is 15.2. The van der Waals surface area contributed by atoms with Gasteiger partial charge in [-0.1, -0.05) is 68.4 Å². The first kappa shape index (κ1) is 15.3. The van der Waals surface area contributed by atoms with Crippen LogP contribution in [0.25, 0.3) is 0 Å². The maximum absolute atomic E-state index is 12.1. The van der Waals surface area contributed by atoms with Crippen molar-refractivity contribution in [1.82, 2.24) is 0 Å². The van der Waals surface area contributed by atoms with Gasteiger partial charge in [-0.05, 0) is 29.0 Å². The second-order valence-electron chi connectivity index (χ2n) is 5.59. The fourth-order valence-corrected chi connectivity index (χ4v) is 2.44. The van der Waals surface area contributed by atoms with Crippen LogP contribution >= 0.6 is 0 Å². The molecule has 0 aliphatic rings. The number of hydrogen-bond acceptors (Lipinski definition) is 2. The number of hydrogen-bond donors (Lipinski definition) is 0. The quantitative estimate of drug-likeness (QED) is 0.764. The van der Waals surface area contributed by atoms with Crippen LogP contribution in [-0.4, -0.2) is 13.1 Å². The number of rotatable bonds is 5. The SMILES string of the molecule is COC(=O)C(Cc1ccc(C(C)C)cc1)c1ccccc1. The van der Waals surface area contributed by atoms with Gasteiger partial charge in [0.2, 0.25) is 0 Å². The third kappa shape index (κ3) is 3.94. The molecule has 0 radical (unpaired) electrons. The Morgan fingerprint density at radius 2 is 1.57 bits per heavy atom. The molecule has 1 unspecified atom stereocenters. The van der Waals surface area contributed by atoms with Crippen LogP contribution in [-0.2, 0) is 16.0 Å². The summed E-state index contributed by atoms with van der Waals surface area (Å²) in [4.78, 5) is 12.1. The third-order valence-electron chi connectivity index (χ3n) is 3.77. The van der Waals surface area contributed by atoms with E-state index >= 15 is 0 Å². The second-order valence-corrected chi connectivity index (χ2v) is 5.59. The normalized spacial score (nSPS) is 12.2. The molecule has 110 valence electrons. The van der Waals surface area contributed by atoms with Gasteiger partial charge in [0.15, 0.2) is 0 Å². The van der Waals surface area contributed by atoms with Crippen LogP contribution in [0.2, 0.25) is 0 Å². The highest BCUT2D eigenvalue weighted by atomic mass is 16.5. The average Bonchev–Trinajstić information content (AvgIpc) is 2.53. The first-order chi connectivity index (χ1) is 10.1. The first-order valence-electron chi connectivity index (χ1n) is 7.33. The van der Waals surface area contributed by atoms with Crippen molar-refractivity contribution >= 4 is 5.97 Å². The number of benzene rings is 2. The summed E-state index contributed by atoms with van der Waals surface area (Å²) in [5, 5.41) is 0. The maximum atomic E-state index is 12.1. The summed E-state index contributed by atoms with van der Waals surface area (Å²) in [5.41, 5.74) is 3.46. The number of esters is 1. The largest absolute Gasteiger partial charge is 0.469 e. The van der Waals surface area contributed by atoms with Crippen molar-refractivity contribution in [2.75, 3.05) is 7.11 Å². The molecule has 2 aromatic rings. The topological polar surface area (TPSA) is 26.3 Å². The van der Waals surface area contributed by atoms with Gasteiger partial charge in [0.1, 0.15) is 0 Å². The summed E-state index contributed by atoms with van der Waals surface area (Å²) in [6.45, 7) is 4.35. The number of carbonyl (C=O) groups excluding carboxylic acids is 1. The average molecular weight is 282 g/mol. The molecule has 0 bridgehead atoms. The highest BCUT2D eigenvalue weighted by Crippen LogP contribution is 2.23. The summed E-state index contributed by atoms with van der Waals surface area (Å²) < 4.78 is 4.96. The molecule has 0 saturated heterocycles. The van der Waals surface area contributed by atoms with Gasteiger partial charge in [-0.3, -0.25) is 4.79 Å². The fraction of sp³-hybridized carbons (Fsp3) is 0.316. The Kier molecular flexibility index (Phi) is 5.15. The van der Waals surface area contributed by atoms with E-state index in [1.54, 1.807) is 0 Å². The molecule has 2 nitrogen and oxygen atoms in total. The van der Waals surface area contributed by atoms with Crippen LogP contribution in [0.4, 0.5) is 0 Å². The van der Waals surface area contributed by atoms with Gasteiger partial charge in [0.25, 0.3) is 0 Å². The lowest BCUT2D eigenvalue weighted by Gasteiger charge is -2.15. The number of methoxy groups -OCH3 is 1. The highest BCUT2D eigenvalue weighted by Gasteiger charge is 2.21. The van der Waals surface area contributed by atoms with Crippen molar-refractivity contribution in [3.05, 3.63) is 71.3 Å². The van der Waals surface area contributed by atoms with E-state index in [0.717, 1.165) is 11.1 Å². The standard InChI is InChI=1S/C19H22O2/c1-14(2)16-11-9-15(10-12-16)13-18(19(20)21-3)17-7-5-4-6-8-17/h4-12,14,18H,13H2,1-3H3. The second kappa shape index (κ2) is 7.07. The van der Waals surface area contributed by atoms with Crippen LogP contribution in [0.3, 0.4) is 0 Å². The van der Waals surface area contributed by atoms with E-state index in [1.807, 2.05) is 30.3 Å². The van der Waals surface area contributed by atoms with Crippen molar-refractivity contribution in [3.63, 3.8) is 0 Å². The Labute approximate surface area is 126 Å². The summed E-state index contributed by atoms with van der Waals surface area (Å²) in [7, 11) is 1.44. The molecule has 0 spiro atoms. The Morgan fingerprint density at radius 1 is 0.952 bits per heavy atom. The van der Waals surface area contributed by atoms with Crippen LogP contribution in [0.1, 0.15) is 42.4 Å². The lowest BCUT2D eigenvalue weighted by atomic mass is 9.91. The molecule has 0 aliphatic carbocycles. The molecule has 0 aliphatic heterocycles. The summed E-state index contributed by atoms with van der Waals surface area (Å²) in [6, 6.07) is 18.3. The molecule has 0 saturated carbocycles. The van der Waals surface area contributed by atoms with Gasteiger partial charge < -0.3 is 4.74 Å². The molecule has 0 heterocycles. The van der Waals surface area contributed by atoms with Crippen LogP contribution < -0.4 is 0 Å². The molecule has 21 heavy (non-hydrogen) atoms. The van der Waals surface area contributed by atoms with E-state index in [9.17, 15) is 4.79 Å². The molecule has 0 amide bonds. The molecular weight excluding hydrogens is 260 g/mol. The van der Waals surface area contributed by atoms with E-state index in [2.05, 4.69) is 38.1 Å². The monoisotopic (exact) mass is 282 g/mol. The predicted molar refractivity (Wildman–Crippen MR) is 85.4 cm³/mol. The number of ether oxygens (including phenoxy) is 1. The Morgan fingerprint density at radius 3 is 2.10 bits per heavy atom. The van der Waals surface area contributed by atoms with Crippen LogP contribution in [0.15, 0.2) is 54.6 Å². The van der Waals surface area contributed by atoms with Crippen molar-refractivity contribution in [3.8, 4) is 0 Å². The minimum Gasteiger partial charge on any atom is -0.469 e. The molecule has 2 heteroatoms. The molecular formula is C19H22O2. The molecule has 1 atom stereocenters. The van der Waals surface area contributed by atoms with Gasteiger partial charge in [-0.2, -0.15) is 0 Å². The Bertz CT molecular complexity index is 570. The zero-order valence-corrected chi connectivity index (χ0v) is 12.9. The van der Waals surface area contributed by atoms with E-state index in [1.165, 1.54) is 12.7 Å². The lowest BCUT2D eigenvalue weighted by molar-refractivity contribution is -0.142. The van der Waals surface area contributed by atoms with Gasteiger partial charge in [-0.25, -0.2) is 0 Å². The summed E-state index contributed by atoms with van der Waals surface area (Å²) >= 11 is 0. The van der Waals surface area contributed by atoms with Crippen molar-refractivity contribution < 1.29 is 9.53 Å². The summed E-state index contributed by atoms with van der Waals surface area (Å²) in [5.74, 6) is 0.0832. The van der Waals surface area contributed by atoms with Crippen molar-refractivity contribution in [1.29, 1.82) is 0 Å². The molecule has 0 N–H and O–H groups in total. The van der Waals surface area contributed by atoms with E-state index in [4.69, 9.17) is 4.74 Å². The predicted octanol–water partition coefficient (Wildman–Crippen LogP) is 4.31. The van der Waals surface area contributed by atoms with Gasteiger partial charge in [0, 0.05) is 0 Å². The van der Waals surface area contributed by atoms with Crippen molar-refractivity contribution in [2.24, 2.45) is 0 Å². The first-order valence-corrected chi connectivity index (χ1v) is 7.33. The highest BCUT2D eigenvalue weighted by molar-refractivity contribution is 5.78. The van der Waals surface area contributed by atoms with E-state index in [0.29, 0.717) is 12.3 Å². The van der Waals surface area contributed by atoms with Gasteiger partial charge in [-0.15, -0.1) is 0 Å². The Hall–Kier alpha value is -2.09. The third-order valence-corrected chi connectivity index (χ3v) is 3.77. The van der Waals surface area contributed by atoms with E-state index < -0.39 is 0 Å². The van der Waals surface area contributed by atoms with Gasteiger partial charge >= 0.3 is 5.97 Å². The van der Waals surface area contributed by atoms with Crippen LogP contribution in [0, 0.1) is 0 Å². The lowest BCUT2D eigenvalue weighted by Crippen LogP contribution is -2.16. The van der Waals surface area contributed by atoms with Crippen LogP contribution in [0.5, 0.6) is 0 Å². The minimum absolute atomic E-state index is 0.186. The molecule has 0 fully saturated rings. The fourth-order valence-electron chi connectivity index (χ4n) is 2.44. The molecule has 2 aromatic carbocycles. The summed E-state index contributed by atoms with van der Waals surface area (Å²) in [6.07, 6.45) is 0.662. The van der Waals surface area contributed by atoms with Gasteiger partial charge in [0.05, 0.1) is 13.0 Å².